The third-order valence-corrected chi connectivity index (χ3v) is 6.27. The molecule has 0 bridgehead atoms. The number of Topliss-reactive ketones (excluding diaryl/α,β-unsaturated/α-hetero) is 1. The molecule has 1 aliphatic carbocycles. The van der Waals surface area contributed by atoms with E-state index in [2.05, 4.69) is 4.98 Å². The zero-order valence-corrected chi connectivity index (χ0v) is 13.7. The van der Waals surface area contributed by atoms with Crippen molar-refractivity contribution in [2.24, 2.45) is 0 Å². The van der Waals surface area contributed by atoms with Crippen molar-refractivity contribution >= 4 is 27.1 Å². The molecule has 0 amide bonds. The Hall–Kier alpha value is -1.57. The zero-order valence-electron chi connectivity index (χ0n) is 12.1. The molecular weight excluding hydrogens is 320 g/mol. The number of thiazole rings is 1. The monoisotopic (exact) mass is 336 g/mol. The maximum atomic E-state index is 12.8. The lowest BCUT2D eigenvalue weighted by atomic mass is 10.2. The summed E-state index contributed by atoms with van der Waals surface area (Å²) in [6.45, 7) is 1.77. The summed E-state index contributed by atoms with van der Waals surface area (Å²) in [5, 5.41) is 2.63. The van der Waals surface area contributed by atoms with Crippen molar-refractivity contribution in [2.45, 2.75) is 37.2 Å². The first-order chi connectivity index (χ1) is 10.5. The molecule has 1 aromatic heterocycles. The van der Waals surface area contributed by atoms with Crippen molar-refractivity contribution < 1.29 is 13.2 Å². The van der Waals surface area contributed by atoms with E-state index in [4.69, 9.17) is 0 Å². The predicted molar refractivity (Wildman–Crippen MR) is 84.3 cm³/mol. The van der Waals surface area contributed by atoms with Crippen LogP contribution >= 0.6 is 11.3 Å². The van der Waals surface area contributed by atoms with Crippen LogP contribution in [0.15, 0.2) is 40.7 Å². The standard InChI is InChI=1S/C15H16N2O3S2/c1-11(18)12-2-6-14(7-3-12)22(19,20)17(13-4-5-13)10-15-16-8-9-21-15/h2-3,6-9,13H,4-5,10H2,1H3. The van der Waals surface area contributed by atoms with Gasteiger partial charge >= 0.3 is 0 Å². The van der Waals surface area contributed by atoms with Crippen LogP contribution in [0.2, 0.25) is 0 Å². The predicted octanol–water partition coefficient (Wildman–Crippen LogP) is 2.70. The first-order valence-corrected chi connectivity index (χ1v) is 9.31. The van der Waals surface area contributed by atoms with Crippen molar-refractivity contribution in [1.82, 2.24) is 9.29 Å². The van der Waals surface area contributed by atoms with Gasteiger partial charge in [0.05, 0.1) is 11.4 Å². The van der Waals surface area contributed by atoms with Crippen LogP contribution in [-0.2, 0) is 16.6 Å². The van der Waals surface area contributed by atoms with Crippen LogP contribution in [0.1, 0.15) is 35.1 Å². The summed E-state index contributed by atoms with van der Waals surface area (Å²) >= 11 is 1.45. The van der Waals surface area contributed by atoms with Gasteiger partial charge in [-0.1, -0.05) is 12.1 Å². The van der Waals surface area contributed by atoms with Gasteiger partial charge in [0.15, 0.2) is 5.78 Å². The summed E-state index contributed by atoms with van der Waals surface area (Å²) < 4.78 is 27.2. The number of aromatic nitrogens is 1. The molecule has 0 spiro atoms. The number of sulfonamides is 1. The van der Waals surface area contributed by atoms with Gasteiger partial charge in [-0.3, -0.25) is 4.79 Å². The number of carbonyl (C=O) groups excluding carboxylic acids is 1. The summed E-state index contributed by atoms with van der Waals surface area (Å²) in [7, 11) is -3.57. The van der Waals surface area contributed by atoms with Gasteiger partial charge in [0.25, 0.3) is 0 Å². The second-order valence-corrected chi connectivity index (χ2v) is 8.16. The van der Waals surface area contributed by atoms with Crippen molar-refractivity contribution in [2.75, 3.05) is 0 Å². The highest BCUT2D eigenvalue weighted by Gasteiger charge is 2.38. The molecule has 1 heterocycles. The highest BCUT2D eigenvalue weighted by Crippen LogP contribution is 2.33. The second-order valence-electron chi connectivity index (χ2n) is 5.29. The van der Waals surface area contributed by atoms with Crippen molar-refractivity contribution in [1.29, 1.82) is 0 Å². The SMILES string of the molecule is CC(=O)c1ccc(S(=O)(=O)N(Cc2nccs2)C2CC2)cc1. The van der Waals surface area contributed by atoms with Gasteiger partial charge in [0, 0.05) is 23.2 Å². The molecule has 22 heavy (non-hydrogen) atoms. The van der Waals surface area contributed by atoms with Crippen LogP contribution in [0.3, 0.4) is 0 Å². The average Bonchev–Trinajstić information content (AvgIpc) is 3.20. The van der Waals surface area contributed by atoms with Gasteiger partial charge in [-0.25, -0.2) is 13.4 Å². The molecule has 0 unspecified atom stereocenters. The van der Waals surface area contributed by atoms with Gasteiger partial charge in [0.2, 0.25) is 10.0 Å². The second kappa shape index (κ2) is 5.91. The summed E-state index contributed by atoms with van der Waals surface area (Å²) in [6.07, 6.45) is 3.45. The Kier molecular flexibility index (Phi) is 4.12. The Labute approximate surface area is 133 Å². The van der Waals surface area contributed by atoms with E-state index in [1.807, 2.05) is 5.38 Å². The summed E-state index contributed by atoms with van der Waals surface area (Å²) in [5.41, 5.74) is 0.511. The van der Waals surface area contributed by atoms with Crippen LogP contribution < -0.4 is 0 Å². The molecule has 7 heteroatoms. The number of nitrogens with zero attached hydrogens (tertiary/aromatic N) is 2. The minimum atomic E-state index is -3.57. The van der Waals surface area contributed by atoms with E-state index in [1.54, 1.807) is 18.3 Å². The average molecular weight is 336 g/mol. The summed E-state index contributed by atoms with van der Waals surface area (Å²) in [5.74, 6) is -0.0780. The smallest absolute Gasteiger partial charge is 0.243 e. The van der Waals surface area contributed by atoms with Gasteiger partial charge in [-0.2, -0.15) is 4.31 Å². The third kappa shape index (κ3) is 3.11. The maximum Gasteiger partial charge on any atom is 0.243 e. The number of carbonyl (C=O) groups is 1. The molecule has 2 aromatic rings. The molecule has 1 aromatic carbocycles. The fraction of sp³-hybridized carbons (Fsp3) is 0.333. The molecule has 0 saturated heterocycles. The number of rotatable bonds is 6. The van der Waals surface area contributed by atoms with Crippen LogP contribution in [0.5, 0.6) is 0 Å². The fourth-order valence-corrected chi connectivity index (χ4v) is 4.58. The van der Waals surface area contributed by atoms with Gasteiger partial charge in [-0.15, -0.1) is 11.3 Å². The van der Waals surface area contributed by atoms with E-state index in [-0.39, 0.29) is 16.7 Å². The van der Waals surface area contributed by atoms with Gasteiger partial charge in [0.1, 0.15) is 5.01 Å². The molecule has 1 aliphatic rings. The van der Waals surface area contributed by atoms with Crippen molar-refractivity contribution in [3.63, 3.8) is 0 Å². The first kappa shape index (κ1) is 15.3. The molecule has 0 radical (unpaired) electrons. The third-order valence-electron chi connectivity index (χ3n) is 3.60. The lowest BCUT2D eigenvalue weighted by molar-refractivity contribution is 0.101. The van der Waals surface area contributed by atoms with Gasteiger partial charge in [-0.05, 0) is 31.9 Å². The summed E-state index contributed by atoms with van der Waals surface area (Å²) in [6, 6.07) is 6.18. The Morgan fingerprint density at radius 2 is 2.00 bits per heavy atom. The maximum absolute atomic E-state index is 12.8. The van der Waals surface area contributed by atoms with Crippen LogP contribution in [0.25, 0.3) is 0 Å². The van der Waals surface area contributed by atoms with E-state index in [0.29, 0.717) is 12.1 Å². The lowest BCUT2D eigenvalue weighted by Crippen LogP contribution is -2.32. The minimum Gasteiger partial charge on any atom is -0.295 e. The Bertz CT molecular complexity index is 764. The van der Waals surface area contributed by atoms with E-state index in [1.165, 1.54) is 34.7 Å². The van der Waals surface area contributed by atoms with Crippen molar-refractivity contribution in [3.8, 4) is 0 Å². The fourth-order valence-electron chi connectivity index (χ4n) is 2.23. The molecule has 1 fully saturated rings. The Morgan fingerprint density at radius 1 is 1.32 bits per heavy atom. The van der Waals surface area contributed by atoms with Crippen LogP contribution in [-0.4, -0.2) is 29.5 Å². The first-order valence-electron chi connectivity index (χ1n) is 6.99. The molecule has 0 N–H and O–H groups in total. The van der Waals surface area contributed by atoms with E-state index >= 15 is 0 Å². The lowest BCUT2D eigenvalue weighted by Gasteiger charge is -2.21. The quantitative estimate of drug-likeness (QED) is 0.761. The minimum absolute atomic E-state index is 0.0568. The van der Waals surface area contributed by atoms with E-state index < -0.39 is 10.0 Å². The molecule has 3 rings (SSSR count). The molecule has 0 aliphatic heterocycles. The topological polar surface area (TPSA) is 67.3 Å². The number of hydrogen-bond donors (Lipinski definition) is 0. The molecule has 116 valence electrons. The Morgan fingerprint density at radius 3 is 2.50 bits per heavy atom. The normalized spacial score (nSPS) is 15.2. The van der Waals surface area contributed by atoms with Gasteiger partial charge < -0.3 is 0 Å². The Balaban J connectivity index is 1.90. The summed E-state index contributed by atoms with van der Waals surface area (Å²) in [4.78, 5) is 15.7. The number of ketones is 1. The van der Waals surface area contributed by atoms with Crippen molar-refractivity contribution in [3.05, 3.63) is 46.4 Å². The van der Waals surface area contributed by atoms with E-state index in [0.717, 1.165) is 17.8 Å². The highest BCUT2D eigenvalue weighted by atomic mass is 32.2. The number of benzene rings is 1. The molecule has 1 saturated carbocycles. The van der Waals surface area contributed by atoms with E-state index in [9.17, 15) is 13.2 Å². The highest BCUT2D eigenvalue weighted by molar-refractivity contribution is 7.89. The van der Waals surface area contributed by atoms with Crippen LogP contribution in [0, 0.1) is 0 Å². The van der Waals surface area contributed by atoms with Crippen LogP contribution in [0.4, 0.5) is 0 Å². The number of hydrogen-bond acceptors (Lipinski definition) is 5. The molecule has 0 atom stereocenters. The largest absolute Gasteiger partial charge is 0.295 e. The zero-order chi connectivity index (χ0) is 15.7. The molecule has 5 nitrogen and oxygen atoms in total. The molecular formula is C15H16N2O3S2.